The first kappa shape index (κ1) is 27.1. The van der Waals surface area contributed by atoms with Gasteiger partial charge in [0.15, 0.2) is 0 Å². The second kappa shape index (κ2) is 11.9. The van der Waals surface area contributed by atoms with Crippen LogP contribution in [0.4, 0.5) is 0 Å². The molecule has 1 aromatic heterocycles. The van der Waals surface area contributed by atoms with Crippen molar-refractivity contribution in [2.45, 2.75) is 37.8 Å². The van der Waals surface area contributed by atoms with Crippen LogP contribution in [0, 0.1) is 0 Å². The number of aromatic nitrogens is 2. The Labute approximate surface area is 208 Å². The van der Waals surface area contributed by atoms with E-state index in [0.29, 0.717) is 0 Å². The van der Waals surface area contributed by atoms with Crippen molar-refractivity contribution in [1.82, 2.24) is 14.6 Å². The first-order chi connectivity index (χ1) is 16.7. The molecule has 35 heavy (non-hydrogen) atoms. The van der Waals surface area contributed by atoms with Gasteiger partial charge in [-0.25, -0.2) is 9.36 Å². The minimum absolute atomic E-state index is 0.00722. The molecule has 12 nitrogen and oxygen atoms in total. The minimum Gasteiger partial charge on any atom is -0.468 e. The van der Waals surface area contributed by atoms with Crippen LogP contribution in [0.5, 0.6) is 5.75 Å². The molecule has 3 N–H and O–H groups in total. The van der Waals surface area contributed by atoms with Crippen LogP contribution in [-0.2, 0) is 23.4 Å². The molecule has 14 heteroatoms. The quantitative estimate of drug-likeness (QED) is 0.283. The molecule has 0 saturated carbocycles. The van der Waals surface area contributed by atoms with E-state index in [2.05, 4.69) is 30.7 Å². The van der Waals surface area contributed by atoms with Crippen molar-refractivity contribution in [2.24, 2.45) is 0 Å². The van der Waals surface area contributed by atoms with Crippen molar-refractivity contribution in [3.63, 3.8) is 0 Å². The number of para-hydroxylation sites is 1. The molecule has 1 aliphatic rings. The molecule has 2 heterocycles. The van der Waals surface area contributed by atoms with E-state index in [1.54, 1.807) is 30.3 Å². The van der Waals surface area contributed by atoms with Crippen LogP contribution in [-0.4, -0.2) is 52.6 Å². The van der Waals surface area contributed by atoms with Crippen LogP contribution in [0.3, 0.4) is 0 Å². The largest absolute Gasteiger partial charge is 0.468 e. The van der Waals surface area contributed by atoms with Crippen molar-refractivity contribution < 1.29 is 33.0 Å². The Balaban J connectivity index is 1.75. The summed E-state index contributed by atoms with van der Waals surface area (Å²) in [7, 11) is -2.95. The van der Waals surface area contributed by atoms with E-state index in [4.69, 9.17) is 13.8 Å². The van der Waals surface area contributed by atoms with E-state index in [-0.39, 0.29) is 17.7 Å². The summed E-state index contributed by atoms with van der Waals surface area (Å²) in [5, 5.41) is 13.0. The number of H-pyrrole nitrogens is 1. The molecule has 1 fully saturated rings. The number of esters is 1. The lowest BCUT2D eigenvalue weighted by Gasteiger charge is -2.24. The minimum atomic E-state index is -4.14. The van der Waals surface area contributed by atoms with Crippen molar-refractivity contribution in [2.75, 3.05) is 13.7 Å². The second-order valence-corrected chi connectivity index (χ2v) is 9.77. The van der Waals surface area contributed by atoms with Crippen LogP contribution in [0.25, 0.3) is 6.08 Å². The zero-order valence-electron chi connectivity index (χ0n) is 18.8. The van der Waals surface area contributed by atoms with Crippen LogP contribution in [0.1, 0.15) is 25.1 Å². The van der Waals surface area contributed by atoms with E-state index in [1.165, 1.54) is 31.3 Å². The van der Waals surface area contributed by atoms with Gasteiger partial charge in [0.05, 0.1) is 25.4 Å². The number of halogens is 1. The predicted octanol–water partition coefficient (Wildman–Crippen LogP) is 1.91. The number of carbonyl (C=O) groups is 1. The number of aliphatic hydroxyl groups excluding tert-OH is 1. The fraction of sp³-hybridized carbons (Fsp3) is 0.381. The van der Waals surface area contributed by atoms with Gasteiger partial charge in [-0.1, -0.05) is 34.1 Å². The normalized spacial score (nSPS) is 22.6. The zero-order chi connectivity index (χ0) is 25.6. The number of nitrogens with one attached hydrogen (secondary N) is 2. The molecule has 1 saturated heterocycles. The van der Waals surface area contributed by atoms with Crippen molar-refractivity contribution >= 4 is 35.7 Å². The molecular weight excluding hydrogens is 549 g/mol. The lowest BCUT2D eigenvalue weighted by molar-refractivity contribution is -0.142. The summed E-state index contributed by atoms with van der Waals surface area (Å²) < 4.78 is 36.0. The Bertz CT molecular complexity index is 1220. The van der Waals surface area contributed by atoms with E-state index >= 15 is 0 Å². The number of carbonyl (C=O) groups excluding carboxylic acids is 1. The number of aliphatic hydroxyl groups is 1. The van der Waals surface area contributed by atoms with Gasteiger partial charge in [0.25, 0.3) is 5.56 Å². The van der Waals surface area contributed by atoms with E-state index < -0.39 is 56.0 Å². The summed E-state index contributed by atoms with van der Waals surface area (Å²) >= 11 is 3.08. The van der Waals surface area contributed by atoms with Crippen molar-refractivity contribution in [3.8, 4) is 5.75 Å². The average molecular weight is 574 g/mol. The lowest BCUT2D eigenvalue weighted by Crippen LogP contribution is -2.36. The summed E-state index contributed by atoms with van der Waals surface area (Å²) in [5.74, 6) is -0.466. The standard InChI is InChI=1S/C21H25BrN3O9P/c1-13(20(28)31-2)24-35(30,34-15-6-4-3-5-7-15)32-12-17-16(26)10-18(33-17)25-11-14(8-9-22)19(27)23-21(25)29/h3-9,11,13,16-18,26H,10,12H2,1-2H3,(H,24,30)(H,23,27,29)/b9-8+/t13?,16-,17-,18-,35?/m1/s1. The van der Waals surface area contributed by atoms with Crippen LogP contribution in [0.2, 0.25) is 0 Å². The van der Waals surface area contributed by atoms with Crippen molar-refractivity contribution in [1.29, 1.82) is 0 Å². The Hall–Kier alpha value is -2.54. The highest BCUT2D eigenvalue weighted by Crippen LogP contribution is 2.45. The number of hydrogen-bond acceptors (Lipinski definition) is 9. The number of ether oxygens (including phenoxy) is 2. The third kappa shape index (κ3) is 7.00. The Morgan fingerprint density at radius 2 is 2.11 bits per heavy atom. The van der Waals surface area contributed by atoms with Gasteiger partial charge in [-0.3, -0.25) is 23.7 Å². The lowest BCUT2D eigenvalue weighted by atomic mass is 10.2. The predicted molar refractivity (Wildman–Crippen MR) is 129 cm³/mol. The van der Waals surface area contributed by atoms with Gasteiger partial charge in [0, 0.05) is 12.6 Å². The van der Waals surface area contributed by atoms with Crippen molar-refractivity contribution in [3.05, 3.63) is 67.9 Å². The average Bonchev–Trinajstić information content (AvgIpc) is 3.19. The molecule has 0 bridgehead atoms. The Kier molecular flexibility index (Phi) is 9.22. The number of hydrogen-bond donors (Lipinski definition) is 3. The second-order valence-electron chi connectivity index (χ2n) is 7.55. The molecule has 0 radical (unpaired) electrons. The van der Waals surface area contributed by atoms with E-state index in [9.17, 15) is 24.1 Å². The van der Waals surface area contributed by atoms with E-state index in [0.717, 1.165) is 4.57 Å². The molecule has 190 valence electrons. The summed E-state index contributed by atoms with van der Waals surface area (Å²) in [6, 6.07) is 7.15. The molecule has 0 aliphatic carbocycles. The highest BCUT2D eigenvalue weighted by molar-refractivity contribution is 9.11. The fourth-order valence-electron chi connectivity index (χ4n) is 3.29. The monoisotopic (exact) mass is 573 g/mol. The fourth-order valence-corrected chi connectivity index (χ4v) is 5.07. The summed E-state index contributed by atoms with van der Waals surface area (Å²) in [5.41, 5.74) is -1.10. The SMILES string of the molecule is COC(=O)C(C)NP(=O)(OC[C@H]1O[C@@H](n2cc(/C=C/Br)c(=O)[nH]c2=O)C[C@H]1O)Oc1ccccc1. The summed E-state index contributed by atoms with van der Waals surface area (Å²) in [6.07, 6.45) is -0.224. The maximum atomic E-state index is 13.4. The third-order valence-electron chi connectivity index (χ3n) is 5.04. The van der Waals surface area contributed by atoms with Gasteiger partial charge in [-0.15, -0.1) is 0 Å². The first-order valence-corrected chi connectivity index (χ1v) is 12.9. The molecule has 5 atom stereocenters. The molecule has 3 rings (SSSR count). The molecule has 1 aromatic carbocycles. The van der Waals surface area contributed by atoms with Crippen LogP contribution in [0.15, 0.2) is 51.1 Å². The van der Waals surface area contributed by atoms with Gasteiger partial charge in [-0.2, -0.15) is 5.09 Å². The number of benzene rings is 1. The number of rotatable bonds is 10. The Morgan fingerprint density at radius 1 is 1.40 bits per heavy atom. The third-order valence-corrected chi connectivity index (χ3v) is 6.94. The zero-order valence-corrected chi connectivity index (χ0v) is 21.3. The van der Waals surface area contributed by atoms with Crippen LogP contribution >= 0.6 is 23.7 Å². The highest BCUT2D eigenvalue weighted by atomic mass is 79.9. The smallest absolute Gasteiger partial charge is 0.459 e. The molecule has 2 aromatic rings. The molecule has 0 amide bonds. The van der Waals surface area contributed by atoms with Crippen LogP contribution < -0.4 is 20.9 Å². The molecule has 1 aliphatic heterocycles. The first-order valence-electron chi connectivity index (χ1n) is 10.5. The highest BCUT2D eigenvalue weighted by Gasteiger charge is 2.39. The molecular formula is C21H25BrN3O9P. The van der Waals surface area contributed by atoms with Gasteiger partial charge >= 0.3 is 19.4 Å². The van der Waals surface area contributed by atoms with Gasteiger partial charge in [0.1, 0.15) is 24.1 Å². The maximum absolute atomic E-state index is 13.4. The molecule has 2 unspecified atom stereocenters. The summed E-state index contributed by atoms with van der Waals surface area (Å²) in [4.78, 5) is 39.7. The number of methoxy groups -OCH3 is 1. The summed E-state index contributed by atoms with van der Waals surface area (Å²) in [6.45, 7) is 1.03. The molecule has 0 spiro atoms. The topological polar surface area (TPSA) is 158 Å². The Morgan fingerprint density at radius 3 is 2.77 bits per heavy atom. The van der Waals surface area contributed by atoms with E-state index in [1.807, 2.05) is 0 Å². The van der Waals surface area contributed by atoms with Gasteiger partial charge < -0.3 is 19.1 Å². The van der Waals surface area contributed by atoms with Gasteiger partial charge in [-0.05, 0) is 30.1 Å². The maximum Gasteiger partial charge on any atom is 0.459 e. The van der Waals surface area contributed by atoms with Gasteiger partial charge in [0.2, 0.25) is 0 Å². The number of nitrogens with zero attached hydrogens (tertiary/aromatic N) is 1. The number of aromatic amines is 1.